The van der Waals surface area contributed by atoms with Gasteiger partial charge in [-0.05, 0) is 60.5 Å². The Kier molecular flexibility index (Phi) is 8.34. The van der Waals surface area contributed by atoms with Gasteiger partial charge in [0.1, 0.15) is 12.0 Å². The van der Waals surface area contributed by atoms with Crippen LogP contribution in [0.5, 0.6) is 5.75 Å². The van der Waals surface area contributed by atoms with Crippen LogP contribution in [-0.4, -0.2) is 40.5 Å². The highest BCUT2D eigenvalue weighted by Gasteiger charge is 2.36. The number of hydrogen-bond acceptors (Lipinski definition) is 5. The molecule has 0 aliphatic heterocycles. The largest absolute Gasteiger partial charge is 0.514 e. The highest BCUT2D eigenvalue weighted by molar-refractivity contribution is 5.59. The lowest BCUT2D eigenvalue weighted by Gasteiger charge is -2.40. The van der Waals surface area contributed by atoms with Crippen molar-refractivity contribution in [3.05, 3.63) is 77.2 Å². The maximum atomic E-state index is 12.4. The maximum absolute atomic E-state index is 12.4. The molecule has 0 heterocycles. The lowest BCUT2D eigenvalue weighted by Crippen LogP contribution is -2.48. The third kappa shape index (κ3) is 5.16. The standard InChI is InChI=1S/C27H36N2O3/c1-4-20(5-2)25(17-30)29(16-19-10-12-24(32)13-11-19)26(18-31)27(28-3)23-14-21-8-6-7-9-22(21)15-23/h6-13,17-18,20,23,25,27-28,31-32H,4-5,14-16H2,1-3H3/b26-18-. The van der Waals surface area contributed by atoms with Crippen molar-refractivity contribution in [2.24, 2.45) is 11.8 Å². The quantitative estimate of drug-likeness (QED) is 0.355. The van der Waals surface area contributed by atoms with E-state index in [4.69, 9.17) is 0 Å². The summed E-state index contributed by atoms with van der Waals surface area (Å²) >= 11 is 0. The zero-order chi connectivity index (χ0) is 23.1. The van der Waals surface area contributed by atoms with Gasteiger partial charge in [0.05, 0.1) is 24.0 Å². The summed E-state index contributed by atoms with van der Waals surface area (Å²) in [6, 6.07) is 15.1. The summed E-state index contributed by atoms with van der Waals surface area (Å²) in [5, 5.41) is 23.6. The van der Waals surface area contributed by atoms with Crippen LogP contribution in [0.25, 0.3) is 0 Å². The first-order chi connectivity index (χ1) is 15.6. The summed E-state index contributed by atoms with van der Waals surface area (Å²) in [5.74, 6) is 0.673. The highest BCUT2D eigenvalue weighted by atomic mass is 16.3. The Bertz CT molecular complexity index is 880. The van der Waals surface area contributed by atoms with E-state index in [-0.39, 0.29) is 29.7 Å². The number of nitrogens with one attached hydrogen (secondary N) is 1. The SMILES string of the molecule is CCC(CC)C(C=O)N(Cc1ccc(O)cc1)/C(=C\O)C(NC)C1Cc2ccccc2C1. The molecule has 2 aromatic rings. The molecule has 5 heteroatoms. The van der Waals surface area contributed by atoms with Crippen molar-refractivity contribution in [2.75, 3.05) is 7.05 Å². The van der Waals surface area contributed by atoms with E-state index in [1.807, 2.05) is 19.2 Å². The normalized spacial score (nSPS) is 16.1. The second-order valence-corrected chi connectivity index (χ2v) is 8.75. The number of phenolic OH excluding ortho intramolecular Hbond substituents is 1. The minimum Gasteiger partial charge on any atom is -0.514 e. The Morgan fingerprint density at radius 1 is 1.09 bits per heavy atom. The summed E-state index contributed by atoms with van der Waals surface area (Å²) in [5.41, 5.74) is 4.42. The van der Waals surface area contributed by atoms with Gasteiger partial charge in [-0.25, -0.2) is 0 Å². The molecule has 5 nitrogen and oxygen atoms in total. The summed E-state index contributed by atoms with van der Waals surface area (Å²) < 4.78 is 0. The minimum absolute atomic E-state index is 0.0960. The minimum atomic E-state index is -0.350. The molecule has 3 rings (SSSR count). The van der Waals surface area contributed by atoms with Gasteiger partial charge in [0.2, 0.25) is 0 Å². The molecule has 0 amide bonds. The van der Waals surface area contributed by atoms with E-state index in [9.17, 15) is 15.0 Å². The first kappa shape index (κ1) is 23.9. The monoisotopic (exact) mass is 436 g/mol. The van der Waals surface area contributed by atoms with Crippen molar-refractivity contribution in [2.45, 2.75) is 58.2 Å². The lowest BCUT2D eigenvalue weighted by molar-refractivity contribution is -0.114. The maximum Gasteiger partial charge on any atom is 0.142 e. The molecule has 2 atom stereocenters. The third-order valence-corrected chi connectivity index (χ3v) is 6.97. The Hall–Kier alpha value is -2.79. The molecular formula is C27H36N2O3. The number of phenols is 1. The zero-order valence-electron chi connectivity index (χ0n) is 19.4. The van der Waals surface area contributed by atoms with Gasteiger partial charge in [0.15, 0.2) is 0 Å². The number of likely N-dealkylation sites (N-methyl/N-ethyl adjacent to an activating group) is 1. The van der Waals surface area contributed by atoms with E-state index in [0.29, 0.717) is 6.54 Å². The number of aliphatic hydroxyl groups excluding tert-OH is 1. The fraction of sp³-hybridized carbons (Fsp3) is 0.444. The average Bonchev–Trinajstić information content (AvgIpc) is 3.25. The van der Waals surface area contributed by atoms with Gasteiger partial charge in [0.25, 0.3) is 0 Å². The van der Waals surface area contributed by atoms with Crippen LogP contribution in [0.15, 0.2) is 60.5 Å². The number of hydrogen-bond donors (Lipinski definition) is 3. The molecule has 0 aromatic heterocycles. The number of aldehydes is 1. The van der Waals surface area contributed by atoms with Gasteiger partial charge in [-0.3, -0.25) is 0 Å². The molecular weight excluding hydrogens is 400 g/mol. The smallest absolute Gasteiger partial charge is 0.142 e. The Balaban J connectivity index is 1.96. The van der Waals surface area contributed by atoms with E-state index in [0.717, 1.165) is 43.2 Å². The summed E-state index contributed by atoms with van der Waals surface area (Å²) in [7, 11) is 1.92. The molecule has 1 aliphatic carbocycles. The van der Waals surface area contributed by atoms with E-state index in [2.05, 4.69) is 48.3 Å². The van der Waals surface area contributed by atoms with Crippen LogP contribution in [0.1, 0.15) is 43.4 Å². The molecule has 0 bridgehead atoms. The number of aliphatic hydroxyl groups is 1. The average molecular weight is 437 g/mol. The molecule has 1 aliphatic rings. The fourth-order valence-corrected chi connectivity index (χ4v) is 5.16. The molecule has 0 saturated carbocycles. The van der Waals surface area contributed by atoms with Gasteiger partial charge in [0, 0.05) is 6.54 Å². The molecule has 32 heavy (non-hydrogen) atoms. The zero-order valence-corrected chi connectivity index (χ0v) is 19.4. The number of nitrogens with zero attached hydrogens (tertiary/aromatic N) is 1. The van der Waals surface area contributed by atoms with Crippen molar-refractivity contribution in [1.82, 2.24) is 10.2 Å². The first-order valence-corrected chi connectivity index (χ1v) is 11.6. The van der Waals surface area contributed by atoms with Crippen LogP contribution in [0.2, 0.25) is 0 Å². The molecule has 0 saturated heterocycles. The molecule has 0 radical (unpaired) electrons. The molecule has 2 aromatic carbocycles. The number of benzene rings is 2. The van der Waals surface area contributed by atoms with Crippen molar-refractivity contribution < 1.29 is 15.0 Å². The van der Waals surface area contributed by atoms with Gasteiger partial charge in [-0.2, -0.15) is 0 Å². The van der Waals surface area contributed by atoms with Crippen molar-refractivity contribution in [3.8, 4) is 5.75 Å². The van der Waals surface area contributed by atoms with Crippen LogP contribution in [-0.2, 0) is 24.2 Å². The number of rotatable bonds is 11. The number of fused-ring (bicyclic) bond motifs is 1. The molecule has 172 valence electrons. The van der Waals surface area contributed by atoms with Gasteiger partial charge >= 0.3 is 0 Å². The molecule has 0 fully saturated rings. The van der Waals surface area contributed by atoms with Crippen LogP contribution in [0.4, 0.5) is 0 Å². The summed E-state index contributed by atoms with van der Waals surface area (Å²) in [6.45, 7) is 4.69. The lowest BCUT2D eigenvalue weighted by atomic mass is 9.89. The summed E-state index contributed by atoms with van der Waals surface area (Å²) in [6.07, 6.45) is 5.83. The summed E-state index contributed by atoms with van der Waals surface area (Å²) in [4.78, 5) is 14.4. The number of carbonyl (C=O) groups is 1. The predicted octanol–water partition coefficient (Wildman–Crippen LogP) is 4.60. The van der Waals surface area contributed by atoms with Crippen LogP contribution >= 0.6 is 0 Å². The Morgan fingerprint density at radius 2 is 1.69 bits per heavy atom. The second kappa shape index (κ2) is 11.2. The van der Waals surface area contributed by atoms with Gasteiger partial charge < -0.3 is 25.2 Å². The molecule has 2 unspecified atom stereocenters. The first-order valence-electron chi connectivity index (χ1n) is 11.6. The van der Waals surface area contributed by atoms with Crippen molar-refractivity contribution in [1.29, 1.82) is 0 Å². The Labute approximate surface area is 191 Å². The topological polar surface area (TPSA) is 72.8 Å². The van der Waals surface area contributed by atoms with Gasteiger partial charge in [-0.15, -0.1) is 0 Å². The van der Waals surface area contributed by atoms with E-state index < -0.39 is 0 Å². The van der Waals surface area contributed by atoms with Crippen molar-refractivity contribution >= 4 is 6.29 Å². The van der Waals surface area contributed by atoms with Crippen molar-refractivity contribution in [3.63, 3.8) is 0 Å². The van der Waals surface area contributed by atoms with E-state index in [1.165, 1.54) is 17.4 Å². The van der Waals surface area contributed by atoms with Crippen LogP contribution in [0.3, 0.4) is 0 Å². The number of carbonyl (C=O) groups excluding carboxylic acids is 1. The van der Waals surface area contributed by atoms with Crippen LogP contribution in [0, 0.1) is 11.8 Å². The fourth-order valence-electron chi connectivity index (χ4n) is 5.16. The van der Waals surface area contributed by atoms with E-state index in [1.54, 1.807) is 12.1 Å². The third-order valence-electron chi connectivity index (χ3n) is 6.97. The van der Waals surface area contributed by atoms with E-state index >= 15 is 0 Å². The number of aromatic hydroxyl groups is 1. The highest BCUT2D eigenvalue weighted by Crippen LogP contribution is 2.34. The van der Waals surface area contributed by atoms with Crippen LogP contribution < -0.4 is 5.32 Å². The molecule has 0 spiro atoms. The predicted molar refractivity (Wildman–Crippen MR) is 128 cm³/mol. The second-order valence-electron chi connectivity index (χ2n) is 8.75. The molecule has 3 N–H and O–H groups in total. The van der Waals surface area contributed by atoms with Gasteiger partial charge in [-0.1, -0.05) is 63.1 Å². The Morgan fingerprint density at radius 3 is 2.16 bits per heavy atom.